The Morgan fingerprint density at radius 3 is 3.17 bits per heavy atom. The maximum absolute atomic E-state index is 10.7. The number of rotatable bonds is 1. The molecule has 0 aliphatic rings. The van der Waals surface area contributed by atoms with Crippen molar-refractivity contribution in [2.75, 3.05) is 5.32 Å². The lowest BCUT2D eigenvalue weighted by atomic mass is 10.6. The number of fused-ring (bicyclic) bond motifs is 1. The summed E-state index contributed by atoms with van der Waals surface area (Å²) in [6.45, 7) is 1.48. The molecule has 2 aromatic rings. The molecule has 0 spiro atoms. The zero-order chi connectivity index (χ0) is 8.55. The number of nitrogens with one attached hydrogen (secondary N) is 1. The molecule has 0 aliphatic carbocycles. The van der Waals surface area contributed by atoms with E-state index in [4.69, 9.17) is 0 Å². The summed E-state index contributed by atoms with van der Waals surface area (Å²) in [5.74, 6) is -0.0728. The van der Waals surface area contributed by atoms with Gasteiger partial charge in [0.2, 0.25) is 5.91 Å². The Kier molecular flexibility index (Phi) is 1.82. The summed E-state index contributed by atoms with van der Waals surface area (Å²) in [6.07, 6.45) is 0. The van der Waals surface area contributed by atoms with Crippen molar-refractivity contribution in [2.24, 2.45) is 0 Å². The Morgan fingerprint density at radius 1 is 1.67 bits per heavy atom. The molecule has 2 heterocycles. The fourth-order valence-electron chi connectivity index (χ4n) is 0.872. The van der Waals surface area contributed by atoms with Crippen molar-refractivity contribution in [1.29, 1.82) is 0 Å². The van der Waals surface area contributed by atoms with Crippen LogP contribution in [0.3, 0.4) is 0 Å². The number of anilines is 1. The van der Waals surface area contributed by atoms with Crippen molar-refractivity contribution in [3.8, 4) is 0 Å². The number of carbonyl (C=O) groups is 1. The molecule has 0 bridgehead atoms. The first-order valence-corrected chi connectivity index (χ1v) is 5.07. The Hall–Kier alpha value is -0.940. The van der Waals surface area contributed by atoms with E-state index in [0.717, 1.165) is 9.53 Å². The van der Waals surface area contributed by atoms with Crippen LogP contribution in [0.25, 0.3) is 9.53 Å². The van der Waals surface area contributed by atoms with E-state index < -0.39 is 0 Å². The summed E-state index contributed by atoms with van der Waals surface area (Å²) in [5.41, 5.74) is 0.966. The summed E-state index contributed by atoms with van der Waals surface area (Å²) in [5, 5.41) is 5.33. The molecule has 2 rings (SSSR count). The third-order valence-electron chi connectivity index (χ3n) is 1.30. The quantitative estimate of drug-likeness (QED) is 0.764. The van der Waals surface area contributed by atoms with Gasteiger partial charge in [0.25, 0.3) is 0 Å². The average Bonchev–Trinajstić information content (AvgIpc) is 2.43. The van der Waals surface area contributed by atoms with Gasteiger partial charge in [-0.25, -0.2) is 4.98 Å². The monoisotopic (exact) mass is 198 g/mol. The molecular formula is C7H6N2OS2. The van der Waals surface area contributed by atoms with Gasteiger partial charge in [-0.2, -0.15) is 0 Å². The third kappa shape index (κ3) is 1.33. The van der Waals surface area contributed by atoms with E-state index in [1.807, 2.05) is 11.4 Å². The molecule has 0 saturated carbocycles. The zero-order valence-electron chi connectivity index (χ0n) is 6.33. The van der Waals surface area contributed by atoms with Crippen molar-refractivity contribution in [3.05, 3.63) is 11.4 Å². The highest BCUT2D eigenvalue weighted by Gasteiger charge is 2.04. The van der Waals surface area contributed by atoms with Crippen LogP contribution < -0.4 is 5.32 Å². The maximum Gasteiger partial charge on any atom is 0.223 e. The lowest BCUT2D eigenvalue weighted by Gasteiger charge is -1.91. The van der Waals surface area contributed by atoms with E-state index >= 15 is 0 Å². The second-order valence-electron chi connectivity index (χ2n) is 2.29. The van der Waals surface area contributed by atoms with E-state index in [-0.39, 0.29) is 5.91 Å². The summed E-state index contributed by atoms with van der Waals surface area (Å²) in [4.78, 5) is 14.9. The number of nitrogens with zero attached hydrogens (tertiary/aromatic N) is 1. The molecule has 1 amide bonds. The second-order valence-corrected chi connectivity index (χ2v) is 4.47. The van der Waals surface area contributed by atoms with Gasteiger partial charge in [-0.15, -0.1) is 11.3 Å². The van der Waals surface area contributed by atoms with Gasteiger partial charge in [-0.1, -0.05) is 11.3 Å². The minimum Gasteiger partial charge on any atom is -0.302 e. The highest BCUT2D eigenvalue weighted by Crippen LogP contribution is 2.29. The minimum absolute atomic E-state index is 0.0728. The Balaban J connectivity index is 2.38. The smallest absolute Gasteiger partial charge is 0.223 e. The summed E-state index contributed by atoms with van der Waals surface area (Å²) < 4.78 is 1.15. The number of hydrogen-bond acceptors (Lipinski definition) is 4. The molecule has 0 radical (unpaired) electrons. The van der Waals surface area contributed by atoms with Crippen LogP contribution in [-0.4, -0.2) is 10.9 Å². The molecule has 0 aliphatic heterocycles. The highest BCUT2D eigenvalue weighted by atomic mass is 32.2. The predicted molar refractivity (Wildman–Crippen MR) is 51.8 cm³/mol. The van der Waals surface area contributed by atoms with Crippen molar-refractivity contribution < 1.29 is 4.79 Å². The fourth-order valence-corrected chi connectivity index (χ4v) is 2.76. The number of aromatic nitrogens is 1. The van der Waals surface area contributed by atoms with Crippen LogP contribution in [0, 0.1) is 0 Å². The van der Waals surface area contributed by atoms with E-state index in [2.05, 4.69) is 10.3 Å². The van der Waals surface area contributed by atoms with Crippen molar-refractivity contribution in [1.82, 2.24) is 4.98 Å². The maximum atomic E-state index is 10.7. The number of amides is 1. The topological polar surface area (TPSA) is 42.0 Å². The molecule has 0 aromatic carbocycles. The van der Waals surface area contributed by atoms with Crippen LogP contribution in [0.15, 0.2) is 11.4 Å². The fraction of sp³-hybridized carbons (Fsp3) is 0.143. The zero-order valence-corrected chi connectivity index (χ0v) is 7.96. The summed E-state index contributed by atoms with van der Waals surface area (Å²) in [7, 11) is 0. The molecule has 62 valence electrons. The Morgan fingerprint density at radius 2 is 2.50 bits per heavy atom. The highest BCUT2D eigenvalue weighted by molar-refractivity contribution is 7.39. The lowest BCUT2D eigenvalue weighted by Crippen LogP contribution is -2.04. The number of thiophene rings is 1. The molecule has 3 nitrogen and oxygen atoms in total. The predicted octanol–water partition coefficient (Wildman–Crippen LogP) is 2.32. The first kappa shape index (κ1) is 7.70. The van der Waals surface area contributed by atoms with Gasteiger partial charge in [0.15, 0.2) is 5.13 Å². The summed E-state index contributed by atoms with van der Waals surface area (Å²) in [6, 6.07) is 1.95. The standard InChI is InChI=1S/C7H6N2OS2/c1-4(10)8-7-9-5-2-3-11-6(5)12-7/h2-3H,1H3,(H,8,9,10). The van der Waals surface area contributed by atoms with Gasteiger partial charge in [0.1, 0.15) is 4.01 Å². The Labute approximate surface area is 77.1 Å². The molecule has 0 unspecified atom stereocenters. The van der Waals surface area contributed by atoms with Crippen LogP contribution in [0.1, 0.15) is 6.92 Å². The van der Waals surface area contributed by atoms with E-state index in [1.165, 1.54) is 18.3 Å². The number of carbonyl (C=O) groups excluding carboxylic acids is 1. The van der Waals surface area contributed by atoms with E-state index in [0.29, 0.717) is 5.13 Å². The first-order chi connectivity index (χ1) is 5.75. The van der Waals surface area contributed by atoms with Gasteiger partial charge >= 0.3 is 0 Å². The Bertz CT molecular complexity index is 389. The van der Waals surface area contributed by atoms with Crippen LogP contribution >= 0.6 is 22.7 Å². The molecule has 2 aromatic heterocycles. The normalized spacial score (nSPS) is 10.4. The molecular weight excluding hydrogens is 192 g/mol. The second kappa shape index (κ2) is 2.84. The van der Waals surface area contributed by atoms with Crippen LogP contribution in [0.4, 0.5) is 5.13 Å². The third-order valence-corrected chi connectivity index (χ3v) is 3.32. The van der Waals surface area contributed by atoms with Gasteiger partial charge in [0.05, 0.1) is 5.52 Å². The summed E-state index contributed by atoms with van der Waals surface area (Å²) >= 11 is 3.15. The van der Waals surface area contributed by atoms with Gasteiger partial charge in [0, 0.05) is 6.92 Å². The molecule has 1 N–H and O–H groups in total. The average molecular weight is 198 g/mol. The van der Waals surface area contributed by atoms with Gasteiger partial charge in [-0.3, -0.25) is 4.79 Å². The van der Waals surface area contributed by atoms with Crippen LogP contribution in [0.2, 0.25) is 0 Å². The minimum atomic E-state index is -0.0728. The van der Waals surface area contributed by atoms with Gasteiger partial charge < -0.3 is 5.32 Å². The van der Waals surface area contributed by atoms with E-state index in [9.17, 15) is 4.79 Å². The largest absolute Gasteiger partial charge is 0.302 e. The SMILES string of the molecule is CC(=O)Nc1nc2ccsc2s1. The molecule has 0 fully saturated rings. The van der Waals surface area contributed by atoms with Crippen LogP contribution in [-0.2, 0) is 4.79 Å². The van der Waals surface area contributed by atoms with Crippen LogP contribution in [0.5, 0.6) is 0 Å². The van der Waals surface area contributed by atoms with Crippen molar-refractivity contribution >= 4 is 43.2 Å². The van der Waals surface area contributed by atoms with E-state index in [1.54, 1.807) is 11.3 Å². The van der Waals surface area contributed by atoms with Crippen molar-refractivity contribution in [2.45, 2.75) is 6.92 Å². The number of thiazole rings is 1. The molecule has 0 atom stereocenters. The lowest BCUT2D eigenvalue weighted by molar-refractivity contribution is -0.114. The molecule has 12 heavy (non-hydrogen) atoms. The van der Waals surface area contributed by atoms with Gasteiger partial charge in [-0.05, 0) is 11.4 Å². The molecule has 0 saturated heterocycles. The first-order valence-electron chi connectivity index (χ1n) is 3.37. The van der Waals surface area contributed by atoms with Crippen molar-refractivity contribution in [3.63, 3.8) is 0 Å². The number of hydrogen-bond donors (Lipinski definition) is 1. The molecule has 5 heteroatoms.